The third-order valence-electron chi connectivity index (χ3n) is 3.91. The number of benzene rings is 1. The van der Waals surface area contributed by atoms with Crippen LogP contribution in [0.25, 0.3) is 0 Å². The summed E-state index contributed by atoms with van der Waals surface area (Å²) in [5, 5.41) is 9.53. The van der Waals surface area contributed by atoms with Gasteiger partial charge in [-0.25, -0.2) is 4.99 Å². The second kappa shape index (κ2) is 11.2. The molecule has 1 aliphatic rings. The maximum absolute atomic E-state index is 11.2. The van der Waals surface area contributed by atoms with Gasteiger partial charge in [-0.3, -0.25) is 4.79 Å². The number of guanidine groups is 1. The van der Waals surface area contributed by atoms with Crippen LogP contribution in [0.3, 0.4) is 0 Å². The average molecular weight is 460 g/mol. The molecule has 0 aromatic heterocycles. The lowest BCUT2D eigenvalue weighted by molar-refractivity contribution is -0.122. The van der Waals surface area contributed by atoms with Gasteiger partial charge in [0.25, 0.3) is 0 Å². The second-order valence-corrected chi connectivity index (χ2v) is 5.91. The summed E-state index contributed by atoms with van der Waals surface area (Å²) in [7, 11) is 0. The number of aliphatic imine (C=N–C) groups is 1. The molecule has 25 heavy (non-hydrogen) atoms. The van der Waals surface area contributed by atoms with E-state index in [0.717, 1.165) is 35.8 Å². The molecule has 0 saturated carbocycles. The van der Waals surface area contributed by atoms with Gasteiger partial charge in [0.2, 0.25) is 5.91 Å². The van der Waals surface area contributed by atoms with Crippen molar-refractivity contribution in [1.29, 1.82) is 0 Å². The zero-order valence-electron chi connectivity index (χ0n) is 15.2. The molecule has 1 saturated heterocycles. The topological polar surface area (TPSA) is 74.8 Å². The average Bonchev–Trinajstić information content (AvgIpc) is 2.57. The fourth-order valence-corrected chi connectivity index (χ4v) is 2.67. The zero-order chi connectivity index (χ0) is 17.4. The van der Waals surface area contributed by atoms with Crippen LogP contribution in [0.15, 0.2) is 23.2 Å². The number of nitrogens with one attached hydrogen (secondary N) is 3. The second-order valence-electron chi connectivity index (χ2n) is 5.91. The molecule has 7 heteroatoms. The van der Waals surface area contributed by atoms with E-state index in [0.29, 0.717) is 26.1 Å². The predicted octanol–water partition coefficient (Wildman–Crippen LogP) is 2.35. The number of halogens is 1. The van der Waals surface area contributed by atoms with Gasteiger partial charge in [-0.05, 0) is 44.4 Å². The van der Waals surface area contributed by atoms with Crippen molar-refractivity contribution in [2.75, 3.05) is 19.7 Å². The molecule has 1 heterocycles. The van der Waals surface area contributed by atoms with Gasteiger partial charge in [-0.1, -0.05) is 12.1 Å². The fourth-order valence-electron chi connectivity index (χ4n) is 2.67. The Balaban J connectivity index is 0.00000312. The van der Waals surface area contributed by atoms with Gasteiger partial charge in [0.15, 0.2) is 5.96 Å². The van der Waals surface area contributed by atoms with E-state index in [1.54, 1.807) is 0 Å². The highest BCUT2D eigenvalue weighted by atomic mass is 127. The number of nitrogens with zero attached hydrogens (tertiary/aromatic N) is 1. The quantitative estimate of drug-likeness (QED) is 0.346. The van der Waals surface area contributed by atoms with Crippen molar-refractivity contribution in [3.8, 4) is 5.75 Å². The largest absolute Gasteiger partial charge is 0.494 e. The predicted molar refractivity (Wildman–Crippen MR) is 112 cm³/mol. The molecule has 1 atom stereocenters. The van der Waals surface area contributed by atoms with Crippen molar-refractivity contribution < 1.29 is 9.53 Å². The SMILES string of the molecule is CCNC(=NCc1ccc(OCC)c(C)c1)NC1CCC(=O)NC1.I. The Morgan fingerprint density at radius 2 is 2.20 bits per heavy atom. The first kappa shape index (κ1) is 21.5. The van der Waals surface area contributed by atoms with E-state index in [2.05, 4.69) is 27.0 Å². The van der Waals surface area contributed by atoms with Gasteiger partial charge >= 0.3 is 0 Å². The van der Waals surface area contributed by atoms with E-state index >= 15 is 0 Å². The van der Waals surface area contributed by atoms with Gasteiger partial charge in [0.1, 0.15) is 5.75 Å². The Kier molecular flexibility index (Phi) is 9.62. The summed E-state index contributed by atoms with van der Waals surface area (Å²) in [6.45, 7) is 8.79. The Hall–Kier alpha value is -1.51. The first-order chi connectivity index (χ1) is 11.6. The van der Waals surface area contributed by atoms with E-state index in [4.69, 9.17) is 4.74 Å². The zero-order valence-corrected chi connectivity index (χ0v) is 17.6. The number of ether oxygens (including phenoxy) is 1. The molecule has 0 spiro atoms. The molecule has 1 amide bonds. The first-order valence-electron chi connectivity index (χ1n) is 8.66. The number of hydrogen-bond donors (Lipinski definition) is 3. The highest BCUT2D eigenvalue weighted by Gasteiger charge is 2.18. The number of aryl methyl sites for hydroxylation is 1. The van der Waals surface area contributed by atoms with Crippen LogP contribution < -0.4 is 20.7 Å². The van der Waals surface area contributed by atoms with Gasteiger partial charge in [0, 0.05) is 25.6 Å². The van der Waals surface area contributed by atoms with Gasteiger partial charge < -0.3 is 20.7 Å². The van der Waals surface area contributed by atoms with Crippen molar-refractivity contribution in [2.45, 2.75) is 46.2 Å². The molecule has 1 aromatic carbocycles. The molecular weight excluding hydrogens is 431 g/mol. The summed E-state index contributed by atoms with van der Waals surface area (Å²) in [5.74, 6) is 1.83. The number of carbonyl (C=O) groups is 1. The summed E-state index contributed by atoms with van der Waals surface area (Å²) in [4.78, 5) is 15.9. The molecule has 0 aliphatic carbocycles. The van der Waals surface area contributed by atoms with E-state index in [1.807, 2.05) is 32.9 Å². The highest BCUT2D eigenvalue weighted by Crippen LogP contribution is 2.19. The molecule has 2 rings (SSSR count). The summed E-state index contributed by atoms with van der Waals surface area (Å²) >= 11 is 0. The summed E-state index contributed by atoms with van der Waals surface area (Å²) in [6.07, 6.45) is 1.40. The van der Waals surface area contributed by atoms with Gasteiger partial charge in [0.05, 0.1) is 13.2 Å². The fraction of sp³-hybridized carbons (Fsp3) is 0.556. The van der Waals surface area contributed by atoms with Crippen LogP contribution in [-0.4, -0.2) is 37.6 Å². The van der Waals surface area contributed by atoms with Crippen LogP contribution in [0.2, 0.25) is 0 Å². The third kappa shape index (κ3) is 7.09. The Morgan fingerprint density at radius 3 is 2.80 bits per heavy atom. The molecule has 1 unspecified atom stereocenters. The minimum absolute atomic E-state index is 0. The standard InChI is InChI=1S/C18H28N4O2.HI/c1-4-19-18(22-15-7-9-17(23)20-12-15)21-11-14-6-8-16(24-5-2)13(3)10-14;/h6,8,10,15H,4-5,7,9,11-12H2,1-3H3,(H,20,23)(H2,19,21,22);1H. The number of piperidine rings is 1. The van der Waals surface area contributed by atoms with Crippen molar-refractivity contribution in [3.05, 3.63) is 29.3 Å². The number of rotatable bonds is 6. The Morgan fingerprint density at radius 1 is 1.40 bits per heavy atom. The summed E-state index contributed by atoms with van der Waals surface area (Å²) in [5.41, 5.74) is 2.27. The number of amides is 1. The number of carbonyl (C=O) groups excluding carboxylic acids is 1. The van der Waals surface area contributed by atoms with Gasteiger partial charge in [-0.2, -0.15) is 0 Å². The van der Waals surface area contributed by atoms with E-state index in [-0.39, 0.29) is 35.9 Å². The smallest absolute Gasteiger partial charge is 0.220 e. The lowest BCUT2D eigenvalue weighted by atomic mass is 10.1. The Labute approximate surface area is 167 Å². The van der Waals surface area contributed by atoms with Crippen LogP contribution in [0.1, 0.15) is 37.8 Å². The normalized spacial score (nSPS) is 17.3. The summed E-state index contributed by atoms with van der Waals surface area (Å²) in [6, 6.07) is 6.38. The van der Waals surface area contributed by atoms with E-state index in [9.17, 15) is 4.79 Å². The molecular formula is C18H29IN4O2. The monoisotopic (exact) mass is 460 g/mol. The van der Waals surface area contributed by atoms with Crippen molar-refractivity contribution in [1.82, 2.24) is 16.0 Å². The lowest BCUT2D eigenvalue weighted by Crippen LogP contribution is -2.51. The van der Waals surface area contributed by atoms with Crippen molar-refractivity contribution in [3.63, 3.8) is 0 Å². The molecule has 1 aliphatic heterocycles. The maximum atomic E-state index is 11.2. The highest BCUT2D eigenvalue weighted by molar-refractivity contribution is 14.0. The number of hydrogen-bond acceptors (Lipinski definition) is 3. The molecule has 140 valence electrons. The van der Waals surface area contributed by atoms with Crippen molar-refractivity contribution >= 4 is 35.8 Å². The van der Waals surface area contributed by atoms with Crippen LogP contribution in [0.5, 0.6) is 5.75 Å². The van der Waals surface area contributed by atoms with Crippen LogP contribution >= 0.6 is 24.0 Å². The van der Waals surface area contributed by atoms with E-state index in [1.165, 1.54) is 0 Å². The molecule has 0 bridgehead atoms. The lowest BCUT2D eigenvalue weighted by Gasteiger charge is -2.25. The van der Waals surface area contributed by atoms with Crippen LogP contribution in [-0.2, 0) is 11.3 Å². The van der Waals surface area contributed by atoms with Gasteiger partial charge in [-0.15, -0.1) is 24.0 Å². The Bertz CT molecular complexity index is 582. The maximum Gasteiger partial charge on any atom is 0.220 e. The van der Waals surface area contributed by atoms with Crippen LogP contribution in [0, 0.1) is 6.92 Å². The first-order valence-corrected chi connectivity index (χ1v) is 8.66. The minimum atomic E-state index is 0. The van der Waals surface area contributed by atoms with Crippen LogP contribution in [0.4, 0.5) is 0 Å². The summed E-state index contributed by atoms with van der Waals surface area (Å²) < 4.78 is 5.57. The van der Waals surface area contributed by atoms with E-state index < -0.39 is 0 Å². The molecule has 1 aromatic rings. The molecule has 3 N–H and O–H groups in total. The third-order valence-corrected chi connectivity index (χ3v) is 3.91. The molecule has 0 radical (unpaired) electrons. The molecule has 1 fully saturated rings. The minimum Gasteiger partial charge on any atom is -0.494 e. The molecule has 6 nitrogen and oxygen atoms in total. The van der Waals surface area contributed by atoms with Crippen molar-refractivity contribution in [2.24, 2.45) is 4.99 Å².